The molecule has 1 fully saturated rings. The van der Waals surface area contributed by atoms with Gasteiger partial charge in [-0.1, -0.05) is 19.1 Å². The van der Waals surface area contributed by atoms with Crippen LogP contribution in [-0.4, -0.2) is 64.5 Å². The van der Waals surface area contributed by atoms with Crippen molar-refractivity contribution < 1.29 is 13.2 Å². The molecule has 1 aliphatic rings. The second-order valence-electron chi connectivity index (χ2n) is 6.20. The summed E-state index contributed by atoms with van der Waals surface area (Å²) in [5.41, 5.74) is 0.833. The Bertz CT molecular complexity index is 606. The summed E-state index contributed by atoms with van der Waals surface area (Å²) in [6.45, 7) is 9.34. The number of nitrogens with zero attached hydrogens (tertiary/aromatic N) is 2. The number of hydrogen-bond donors (Lipinski definition) is 0. The van der Waals surface area contributed by atoms with E-state index in [2.05, 4.69) is 23.6 Å². The van der Waals surface area contributed by atoms with E-state index in [-0.39, 0.29) is 5.75 Å². The number of ether oxygens (including phenoxy) is 1. The first kappa shape index (κ1) is 18.2. The molecule has 0 amide bonds. The molecular weight excluding hydrogens is 312 g/mol. The normalized spacial score (nSPS) is 23.2. The van der Waals surface area contributed by atoms with Crippen LogP contribution >= 0.6 is 0 Å². The zero-order valence-electron chi connectivity index (χ0n) is 14.5. The van der Waals surface area contributed by atoms with Gasteiger partial charge in [0.15, 0.2) is 9.84 Å². The number of hydrogen-bond acceptors (Lipinski definition) is 5. The summed E-state index contributed by atoms with van der Waals surface area (Å²) < 4.78 is 30.0. The molecule has 1 saturated heterocycles. The van der Waals surface area contributed by atoms with Gasteiger partial charge < -0.3 is 9.64 Å². The summed E-state index contributed by atoms with van der Waals surface area (Å²) in [7, 11) is -1.50. The van der Waals surface area contributed by atoms with Gasteiger partial charge in [-0.3, -0.25) is 4.90 Å². The molecule has 0 radical (unpaired) electrons. The van der Waals surface area contributed by atoms with Crippen molar-refractivity contribution in [3.8, 4) is 0 Å². The minimum atomic E-state index is -3.22. The minimum Gasteiger partial charge on any atom is -0.383 e. The van der Waals surface area contributed by atoms with E-state index >= 15 is 0 Å². The zero-order valence-corrected chi connectivity index (χ0v) is 15.3. The van der Waals surface area contributed by atoms with Crippen molar-refractivity contribution in [1.29, 1.82) is 0 Å². The Morgan fingerprint density at radius 3 is 2.35 bits per heavy atom. The quantitative estimate of drug-likeness (QED) is 0.793. The first-order valence-corrected chi connectivity index (χ1v) is 9.87. The lowest BCUT2D eigenvalue weighted by Crippen LogP contribution is -2.57. The monoisotopic (exact) mass is 340 g/mol. The summed E-state index contributed by atoms with van der Waals surface area (Å²) in [5, 5.41) is 0. The van der Waals surface area contributed by atoms with Crippen molar-refractivity contribution in [2.24, 2.45) is 0 Å². The second kappa shape index (κ2) is 7.64. The number of rotatable bonds is 6. The molecule has 1 aromatic rings. The predicted octanol–water partition coefficient (Wildman–Crippen LogP) is 2.03. The van der Waals surface area contributed by atoms with E-state index in [0.29, 0.717) is 17.0 Å². The first-order chi connectivity index (χ1) is 10.9. The Kier molecular flexibility index (Phi) is 6.06. The number of anilines is 1. The van der Waals surface area contributed by atoms with E-state index < -0.39 is 9.84 Å². The maximum absolute atomic E-state index is 12.4. The lowest BCUT2D eigenvalue weighted by atomic mass is 10.1. The summed E-state index contributed by atoms with van der Waals surface area (Å²) in [4.78, 5) is 5.09. The highest BCUT2D eigenvalue weighted by Gasteiger charge is 2.31. The Balaban J connectivity index is 2.25. The van der Waals surface area contributed by atoms with Crippen LogP contribution in [0.1, 0.15) is 20.8 Å². The Hall–Kier alpha value is -1.11. The highest BCUT2D eigenvalue weighted by atomic mass is 32.2. The van der Waals surface area contributed by atoms with E-state index in [0.717, 1.165) is 31.9 Å². The van der Waals surface area contributed by atoms with Crippen LogP contribution in [0.4, 0.5) is 5.69 Å². The van der Waals surface area contributed by atoms with Crippen LogP contribution in [0.5, 0.6) is 0 Å². The average molecular weight is 340 g/mol. The molecule has 1 aromatic carbocycles. The van der Waals surface area contributed by atoms with Gasteiger partial charge in [0, 0.05) is 38.8 Å². The lowest BCUT2D eigenvalue weighted by Gasteiger charge is -2.45. The Morgan fingerprint density at radius 2 is 1.78 bits per heavy atom. The zero-order chi connectivity index (χ0) is 17.0. The SMILES string of the molecule is CCS(=O)(=O)c1ccccc1N1CC(C)N(CCOC)C(C)C1. The summed E-state index contributed by atoms with van der Waals surface area (Å²) >= 11 is 0. The molecule has 0 bridgehead atoms. The Labute approximate surface area is 140 Å². The number of para-hydroxylation sites is 1. The molecule has 2 unspecified atom stereocenters. The molecule has 1 heterocycles. The standard InChI is InChI=1S/C17H28N2O3S/c1-5-23(20,21)17-9-7-6-8-16(17)18-12-14(2)19(10-11-22-4)15(3)13-18/h6-9,14-15H,5,10-13H2,1-4H3. The smallest absolute Gasteiger partial charge is 0.180 e. The third kappa shape index (κ3) is 4.05. The van der Waals surface area contributed by atoms with Gasteiger partial charge in [-0.05, 0) is 26.0 Å². The summed E-state index contributed by atoms with van der Waals surface area (Å²) in [6.07, 6.45) is 0. The number of benzene rings is 1. The van der Waals surface area contributed by atoms with Crippen molar-refractivity contribution in [3.05, 3.63) is 24.3 Å². The molecule has 6 heteroatoms. The van der Waals surface area contributed by atoms with E-state index in [1.807, 2.05) is 12.1 Å². The molecule has 0 aliphatic carbocycles. The molecule has 2 atom stereocenters. The van der Waals surface area contributed by atoms with Gasteiger partial charge >= 0.3 is 0 Å². The lowest BCUT2D eigenvalue weighted by molar-refractivity contribution is 0.0845. The van der Waals surface area contributed by atoms with Crippen molar-refractivity contribution in [3.63, 3.8) is 0 Å². The average Bonchev–Trinajstić information content (AvgIpc) is 2.54. The molecule has 1 aliphatic heterocycles. The van der Waals surface area contributed by atoms with Gasteiger partial charge in [0.1, 0.15) is 0 Å². The van der Waals surface area contributed by atoms with E-state index in [9.17, 15) is 8.42 Å². The second-order valence-corrected chi connectivity index (χ2v) is 8.45. The van der Waals surface area contributed by atoms with Crippen molar-refractivity contribution in [2.75, 3.05) is 44.0 Å². The van der Waals surface area contributed by atoms with Crippen LogP contribution in [0.25, 0.3) is 0 Å². The van der Waals surface area contributed by atoms with Gasteiger partial charge in [-0.2, -0.15) is 0 Å². The van der Waals surface area contributed by atoms with E-state index in [1.165, 1.54) is 0 Å². The predicted molar refractivity (Wildman–Crippen MR) is 93.9 cm³/mol. The number of methoxy groups -OCH3 is 1. The fourth-order valence-electron chi connectivity index (χ4n) is 3.33. The topological polar surface area (TPSA) is 49.9 Å². The maximum Gasteiger partial charge on any atom is 0.180 e. The van der Waals surface area contributed by atoms with E-state index in [1.54, 1.807) is 26.2 Å². The van der Waals surface area contributed by atoms with Crippen LogP contribution in [0.2, 0.25) is 0 Å². The molecule has 0 saturated carbocycles. The van der Waals surface area contributed by atoms with Gasteiger partial charge in [-0.25, -0.2) is 8.42 Å². The number of piperazine rings is 1. The van der Waals surface area contributed by atoms with Crippen LogP contribution in [-0.2, 0) is 14.6 Å². The van der Waals surface area contributed by atoms with E-state index in [4.69, 9.17) is 4.74 Å². The van der Waals surface area contributed by atoms with Gasteiger partial charge in [0.2, 0.25) is 0 Å². The van der Waals surface area contributed by atoms with Crippen molar-refractivity contribution >= 4 is 15.5 Å². The fraction of sp³-hybridized carbons (Fsp3) is 0.647. The molecule has 0 aromatic heterocycles. The number of sulfone groups is 1. The Morgan fingerprint density at radius 1 is 1.17 bits per heavy atom. The first-order valence-electron chi connectivity index (χ1n) is 8.22. The molecule has 130 valence electrons. The highest BCUT2D eigenvalue weighted by Crippen LogP contribution is 2.29. The molecule has 0 N–H and O–H groups in total. The molecule has 2 rings (SSSR count). The molecule has 0 spiro atoms. The van der Waals surface area contributed by atoms with Crippen LogP contribution in [0.15, 0.2) is 29.2 Å². The third-order valence-electron chi connectivity index (χ3n) is 4.58. The maximum atomic E-state index is 12.4. The van der Waals surface area contributed by atoms with Crippen LogP contribution in [0.3, 0.4) is 0 Å². The highest BCUT2D eigenvalue weighted by molar-refractivity contribution is 7.91. The fourth-order valence-corrected chi connectivity index (χ4v) is 4.44. The summed E-state index contributed by atoms with van der Waals surface area (Å²) in [5.74, 6) is 0.128. The van der Waals surface area contributed by atoms with Crippen LogP contribution < -0.4 is 4.90 Å². The van der Waals surface area contributed by atoms with Gasteiger partial charge in [0.05, 0.1) is 22.9 Å². The molecule has 5 nitrogen and oxygen atoms in total. The minimum absolute atomic E-state index is 0.128. The molecule has 23 heavy (non-hydrogen) atoms. The van der Waals surface area contributed by atoms with Crippen molar-refractivity contribution in [1.82, 2.24) is 4.90 Å². The largest absolute Gasteiger partial charge is 0.383 e. The molecular formula is C17H28N2O3S. The van der Waals surface area contributed by atoms with Crippen LogP contribution in [0, 0.1) is 0 Å². The van der Waals surface area contributed by atoms with Gasteiger partial charge in [0.25, 0.3) is 0 Å². The third-order valence-corrected chi connectivity index (χ3v) is 6.35. The summed E-state index contributed by atoms with van der Waals surface area (Å²) in [6, 6.07) is 8.07. The van der Waals surface area contributed by atoms with Gasteiger partial charge in [-0.15, -0.1) is 0 Å². The van der Waals surface area contributed by atoms with Crippen molar-refractivity contribution in [2.45, 2.75) is 37.8 Å².